The van der Waals surface area contributed by atoms with Crippen LogP contribution in [0.4, 0.5) is 5.69 Å². The first-order valence-electron chi connectivity index (χ1n) is 10.2. The highest BCUT2D eigenvalue weighted by Crippen LogP contribution is 2.52. The summed E-state index contributed by atoms with van der Waals surface area (Å²) in [6.45, 7) is 1.12. The van der Waals surface area contributed by atoms with E-state index in [1.807, 2.05) is 53.5 Å². The Balaban J connectivity index is 1.32. The molecule has 154 valence electrons. The number of methoxy groups -OCH3 is 1. The predicted molar refractivity (Wildman–Crippen MR) is 112 cm³/mol. The first-order chi connectivity index (χ1) is 14.6. The molecule has 2 bridgehead atoms. The predicted octanol–water partition coefficient (Wildman–Crippen LogP) is 2.66. The van der Waals surface area contributed by atoms with E-state index < -0.39 is 17.4 Å². The number of hydrogen-bond acceptors (Lipinski definition) is 4. The van der Waals surface area contributed by atoms with Crippen molar-refractivity contribution in [2.75, 3.05) is 25.5 Å². The molecule has 30 heavy (non-hydrogen) atoms. The Bertz CT molecular complexity index is 1010. The van der Waals surface area contributed by atoms with Crippen molar-refractivity contribution >= 4 is 17.5 Å². The Morgan fingerprint density at radius 2 is 2.07 bits per heavy atom. The normalized spacial score (nSPS) is 28.6. The van der Waals surface area contributed by atoms with E-state index in [-0.39, 0.29) is 17.9 Å². The Morgan fingerprint density at radius 1 is 1.23 bits per heavy atom. The quantitative estimate of drug-likeness (QED) is 0.752. The van der Waals surface area contributed by atoms with Crippen molar-refractivity contribution in [1.29, 1.82) is 0 Å². The molecule has 5 rings (SSSR count). The van der Waals surface area contributed by atoms with Crippen LogP contribution in [0.25, 0.3) is 0 Å². The van der Waals surface area contributed by atoms with Gasteiger partial charge in [-0.2, -0.15) is 0 Å². The summed E-state index contributed by atoms with van der Waals surface area (Å²) in [6.07, 6.45) is 4.34. The molecular formula is C24H24N2O4. The van der Waals surface area contributed by atoms with Crippen LogP contribution in [-0.2, 0) is 20.7 Å². The maximum Gasteiger partial charge on any atom is 0.231 e. The molecule has 2 saturated heterocycles. The third kappa shape index (κ3) is 3.08. The van der Waals surface area contributed by atoms with Crippen molar-refractivity contribution in [2.45, 2.75) is 18.1 Å². The smallest absolute Gasteiger partial charge is 0.231 e. The highest BCUT2D eigenvalue weighted by atomic mass is 16.5. The number of amides is 2. The van der Waals surface area contributed by atoms with E-state index in [2.05, 4.69) is 17.4 Å². The SMILES string of the molecule is COc1cccc(NC(=O)[C@H]2[C@H]3C=C[C@]4(CN(CCc5ccccc5)C(=O)[C@@H]24)O3)c1. The summed E-state index contributed by atoms with van der Waals surface area (Å²) in [7, 11) is 1.58. The molecule has 3 heterocycles. The van der Waals surface area contributed by atoms with Gasteiger partial charge < -0.3 is 19.7 Å². The zero-order chi connectivity index (χ0) is 20.7. The first-order valence-corrected chi connectivity index (χ1v) is 10.2. The molecule has 2 amide bonds. The van der Waals surface area contributed by atoms with Crippen LogP contribution in [0.1, 0.15) is 5.56 Å². The Kier molecular flexibility index (Phi) is 4.59. The molecule has 0 unspecified atom stereocenters. The molecule has 0 aliphatic carbocycles. The first kappa shape index (κ1) is 18.9. The second kappa shape index (κ2) is 7.29. The fraction of sp³-hybridized carbons (Fsp3) is 0.333. The number of carbonyl (C=O) groups is 2. The van der Waals surface area contributed by atoms with Crippen molar-refractivity contribution in [1.82, 2.24) is 4.90 Å². The van der Waals surface area contributed by atoms with E-state index in [0.29, 0.717) is 24.5 Å². The number of nitrogens with zero attached hydrogens (tertiary/aromatic N) is 1. The van der Waals surface area contributed by atoms with Gasteiger partial charge in [0.2, 0.25) is 11.8 Å². The minimum atomic E-state index is -0.686. The molecule has 3 aliphatic heterocycles. The number of nitrogens with one attached hydrogen (secondary N) is 1. The van der Waals surface area contributed by atoms with Crippen LogP contribution in [0.2, 0.25) is 0 Å². The molecule has 4 atom stereocenters. The van der Waals surface area contributed by atoms with Crippen LogP contribution in [-0.4, -0.2) is 48.6 Å². The van der Waals surface area contributed by atoms with Gasteiger partial charge in [0, 0.05) is 18.3 Å². The zero-order valence-corrected chi connectivity index (χ0v) is 16.8. The highest BCUT2D eigenvalue weighted by Gasteiger charge is 2.66. The number of hydrogen-bond donors (Lipinski definition) is 1. The van der Waals surface area contributed by atoms with Crippen LogP contribution in [0, 0.1) is 11.8 Å². The molecule has 1 N–H and O–H groups in total. The van der Waals surface area contributed by atoms with Gasteiger partial charge in [-0.05, 0) is 24.1 Å². The van der Waals surface area contributed by atoms with Crippen LogP contribution in [0.15, 0.2) is 66.7 Å². The van der Waals surface area contributed by atoms with Crippen molar-refractivity contribution < 1.29 is 19.1 Å². The van der Waals surface area contributed by atoms with Gasteiger partial charge in [-0.3, -0.25) is 9.59 Å². The minimum Gasteiger partial charge on any atom is -0.497 e. The minimum absolute atomic E-state index is 0.00331. The molecule has 2 aromatic carbocycles. The second-order valence-corrected chi connectivity index (χ2v) is 8.12. The van der Waals surface area contributed by atoms with Crippen molar-refractivity contribution in [3.8, 4) is 5.75 Å². The standard InChI is InChI=1S/C24H24N2O4/c1-29-18-9-5-8-17(14-18)25-22(27)20-19-10-12-24(30-19)15-26(23(28)21(20)24)13-11-16-6-3-2-4-7-16/h2-10,12,14,19-21H,11,13,15H2,1H3,(H,25,27)/t19-,20+,21-,24-/m1/s1. The molecule has 2 fully saturated rings. The summed E-state index contributed by atoms with van der Waals surface area (Å²) in [5.41, 5.74) is 1.15. The number of likely N-dealkylation sites (tertiary alicyclic amines) is 1. The summed E-state index contributed by atoms with van der Waals surface area (Å²) in [5, 5.41) is 2.94. The van der Waals surface area contributed by atoms with Gasteiger partial charge in [-0.25, -0.2) is 0 Å². The van der Waals surface area contributed by atoms with Crippen LogP contribution in [0.5, 0.6) is 5.75 Å². The lowest BCUT2D eigenvalue weighted by Gasteiger charge is -2.23. The number of carbonyl (C=O) groups excluding carboxylic acids is 2. The van der Waals surface area contributed by atoms with Gasteiger partial charge in [-0.15, -0.1) is 0 Å². The van der Waals surface area contributed by atoms with Gasteiger partial charge in [0.15, 0.2) is 0 Å². The summed E-state index contributed by atoms with van der Waals surface area (Å²) in [4.78, 5) is 28.3. The number of rotatable bonds is 6. The van der Waals surface area contributed by atoms with Gasteiger partial charge >= 0.3 is 0 Å². The lowest BCUT2D eigenvalue weighted by Crippen LogP contribution is -2.41. The van der Waals surface area contributed by atoms with E-state index >= 15 is 0 Å². The topological polar surface area (TPSA) is 67.9 Å². The maximum atomic E-state index is 13.3. The monoisotopic (exact) mass is 404 g/mol. The summed E-state index contributed by atoms with van der Waals surface area (Å²) in [6, 6.07) is 17.3. The lowest BCUT2D eigenvalue weighted by molar-refractivity contribution is -0.135. The van der Waals surface area contributed by atoms with Crippen molar-refractivity contribution in [2.24, 2.45) is 11.8 Å². The maximum absolute atomic E-state index is 13.3. The average molecular weight is 404 g/mol. The van der Waals surface area contributed by atoms with Gasteiger partial charge in [0.25, 0.3) is 0 Å². The van der Waals surface area contributed by atoms with Crippen LogP contribution >= 0.6 is 0 Å². The van der Waals surface area contributed by atoms with E-state index in [4.69, 9.17) is 9.47 Å². The van der Waals surface area contributed by atoms with E-state index in [9.17, 15) is 9.59 Å². The molecule has 1 spiro atoms. The van der Waals surface area contributed by atoms with E-state index in [1.165, 1.54) is 5.56 Å². The number of fused-ring (bicyclic) bond motifs is 1. The van der Waals surface area contributed by atoms with E-state index in [1.54, 1.807) is 13.2 Å². The molecule has 6 nitrogen and oxygen atoms in total. The Hall–Kier alpha value is -3.12. The van der Waals surface area contributed by atoms with Crippen molar-refractivity contribution in [3.05, 3.63) is 72.3 Å². The third-order valence-corrected chi connectivity index (χ3v) is 6.33. The highest BCUT2D eigenvalue weighted by molar-refractivity contribution is 5.99. The zero-order valence-electron chi connectivity index (χ0n) is 16.8. The number of anilines is 1. The fourth-order valence-corrected chi connectivity index (χ4v) is 4.90. The third-order valence-electron chi connectivity index (χ3n) is 6.33. The van der Waals surface area contributed by atoms with Crippen LogP contribution in [0.3, 0.4) is 0 Å². The summed E-state index contributed by atoms with van der Waals surface area (Å²) >= 11 is 0. The molecule has 0 radical (unpaired) electrons. The lowest BCUT2D eigenvalue weighted by atomic mass is 9.77. The van der Waals surface area contributed by atoms with Gasteiger partial charge in [-0.1, -0.05) is 48.6 Å². The average Bonchev–Trinajstić information content (AvgIpc) is 3.41. The summed E-state index contributed by atoms with van der Waals surface area (Å²) < 4.78 is 11.4. The number of ether oxygens (including phenoxy) is 2. The van der Waals surface area contributed by atoms with Gasteiger partial charge in [0.1, 0.15) is 11.4 Å². The summed E-state index contributed by atoms with van der Waals surface area (Å²) in [5.74, 6) is -0.534. The Morgan fingerprint density at radius 3 is 2.87 bits per heavy atom. The Labute approximate surface area is 175 Å². The second-order valence-electron chi connectivity index (χ2n) is 8.12. The largest absolute Gasteiger partial charge is 0.497 e. The molecule has 6 heteroatoms. The van der Waals surface area contributed by atoms with Crippen LogP contribution < -0.4 is 10.1 Å². The molecule has 3 aliphatic rings. The fourth-order valence-electron chi connectivity index (χ4n) is 4.90. The van der Waals surface area contributed by atoms with E-state index in [0.717, 1.165) is 6.42 Å². The number of benzene rings is 2. The van der Waals surface area contributed by atoms with Gasteiger partial charge in [0.05, 0.1) is 31.6 Å². The molecule has 0 saturated carbocycles. The molecule has 2 aromatic rings. The molecular weight excluding hydrogens is 380 g/mol. The molecule has 0 aromatic heterocycles. The van der Waals surface area contributed by atoms with Crippen molar-refractivity contribution in [3.63, 3.8) is 0 Å².